The second kappa shape index (κ2) is 5.07. The highest BCUT2D eigenvalue weighted by atomic mass is 16.5. The second-order valence-corrected chi connectivity index (χ2v) is 2.48. The number of benzene rings is 1. The van der Waals surface area contributed by atoms with Gasteiger partial charge in [0.15, 0.2) is 0 Å². The molecule has 13 heavy (non-hydrogen) atoms. The molecule has 0 N–H and O–H groups in total. The highest BCUT2D eigenvalue weighted by molar-refractivity contribution is 5.27. The quantitative estimate of drug-likeness (QED) is 0.518. The summed E-state index contributed by atoms with van der Waals surface area (Å²) in [5.41, 5.74) is 3.60. The maximum absolute atomic E-state index is 5.11. The summed E-state index contributed by atoms with van der Waals surface area (Å²) in [6, 6.07) is 7.72. The molecule has 0 saturated carbocycles. The SMILES string of the molecule is C=C=COCc1cccc(OC)c1. The normalized spacial score (nSPS) is 8.69. The van der Waals surface area contributed by atoms with Crippen LogP contribution in [0.5, 0.6) is 5.75 Å². The molecular formula is C11H12O2. The molecule has 0 heterocycles. The van der Waals surface area contributed by atoms with Crippen LogP contribution in [-0.4, -0.2) is 7.11 Å². The van der Waals surface area contributed by atoms with Crippen molar-refractivity contribution >= 4 is 0 Å². The fourth-order valence-corrected chi connectivity index (χ4v) is 0.959. The Kier molecular flexibility index (Phi) is 3.68. The van der Waals surface area contributed by atoms with Crippen molar-refractivity contribution in [3.63, 3.8) is 0 Å². The van der Waals surface area contributed by atoms with Crippen LogP contribution in [0.2, 0.25) is 0 Å². The average Bonchev–Trinajstić information content (AvgIpc) is 2.19. The van der Waals surface area contributed by atoms with Gasteiger partial charge < -0.3 is 9.47 Å². The summed E-state index contributed by atoms with van der Waals surface area (Å²) in [7, 11) is 1.64. The Hall–Kier alpha value is -1.66. The van der Waals surface area contributed by atoms with Gasteiger partial charge >= 0.3 is 0 Å². The smallest absolute Gasteiger partial charge is 0.125 e. The molecule has 0 aliphatic carbocycles. The Balaban J connectivity index is 2.60. The van der Waals surface area contributed by atoms with Crippen LogP contribution >= 0.6 is 0 Å². The molecule has 0 spiro atoms. The third kappa shape index (κ3) is 3.06. The number of hydrogen-bond donors (Lipinski definition) is 0. The molecule has 0 saturated heterocycles. The van der Waals surface area contributed by atoms with Gasteiger partial charge in [-0.2, -0.15) is 0 Å². The van der Waals surface area contributed by atoms with Gasteiger partial charge in [0.1, 0.15) is 18.6 Å². The van der Waals surface area contributed by atoms with Crippen molar-refractivity contribution in [2.75, 3.05) is 7.11 Å². The lowest BCUT2D eigenvalue weighted by Crippen LogP contribution is -1.88. The molecule has 1 rings (SSSR count). The predicted octanol–water partition coefficient (Wildman–Crippen LogP) is 2.51. The first kappa shape index (κ1) is 9.43. The number of hydrogen-bond acceptors (Lipinski definition) is 2. The van der Waals surface area contributed by atoms with Gasteiger partial charge in [0.25, 0.3) is 0 Å². The van der Waals surface area contributed by atoms with E-state index >= 15 is 0 Å². The molecule has 0 aromatic heterocycles. The second-order valence-electron chi connectivity index (χ2n) is 2.48. The van der Waals surface area contributed by atoms with Crippen LogP contribution in [0.4, 0.5) is 0 Å². The first-order valence-corrected chi connectivity index (χ1v) is 3.95. The van der Waals surface area contributed by atoms with E-state index in [2.05, 4.69) is 12.3 Å². The number of rotatable bonds is 4. The van der Waals surface area contributed by atoms with Crippen LogP contribution in [0.25, 0.3) is 0 Å². The lowest BCUT2D eigenvalue weighted by molar-refractivity contribution is 0.236. The maximum atomic E-state index is 5.11. The van der Waals surface area contributed by atoms with E-state index in [-0.39, 0.29) is 0 Å². The van der Waals surface area contributed by atoms with E-state index in [1.54, 1.807) is 7.11 Å². The van der Waals surface area contributed by atoms with Crippen LogP contribution in [0.15, 0.2) is 42.8 Å². The maximum Gasteiger partial charge on any atom is 0.125 e. The van der Waals surface area contributed by atoms with Crippen molar-refractivity contribution in [3.8, 4) is 5.75 Å². The van der Waals surface area contributed by atoms with Crippen molar-refractivity contribution in [2.24, 2.45) is 0 Å². The Morgan fingerprint density at radius 1 is 1.54 bits per heavy atom. The summed E-state index contributed by atoms with van der Waals surface area (Å²) >= 11 is 0. The van der Waals surface area contributed by atoms with Crippen LogP contribution in [0, 0.1) is 0 Å². The van der Waals surface area contributed by atoms with Gasteiger partial charge in [-0.25, -0.2) is 0 Å². The van der Waals surface area contributed by atoms with Crippen LogP contribution < -0.4 is 4.74 Å². The van der Waals surface area contributed by atoms with Crippen LogP contribution in [0.1, 0.15) is 5.56 Å². The lowest BCUT2D eigenvalue weighted by atomic mass is 10.2. The highest BCUT2D eigenvalue weighted by Crippen LogP contribution is 2.12. The molecule has 0 unspecified atom stereocenters. The van der Waals surface area contributed by atoms with Gasteiger partial charge in [-0.15, -0.1) is 0 Å². The van der Waals surface area contributed by atoms with Crippen molar-refractivity contribution in [2.45, 2.75) is 6.61 Å². The summed E-state index contributed by atoms with van der Waals surface area (Å²) in [4.78, 5) is 0. The minimum absolute atomic E-state index is 0.514. The number of methoxy groups -OCH3 is 1. The molecule has 2 heteroatoms. The lowest BCUT2D eigenvalue weighted by Gasteiger charge is -2.03. The van der Waals surface area contributed by atoms with E-state index in [1.807, 2.05) is 24.3 Å². The van der Waals surface area contributed by atoms with Crippen LogP contribution in [-0.2, 0) is 11.3 Å². The Morgan fingerprint density at radius 2 is 2.38 bits per heavy atom. The van der Waals surface area contributed by atoms with Gasteiger partial charge in [-0.05, 0) is 17.7 Å². The Bertz CT molecular complexity index is 312. The molecule has 1 aromatic rings. The molecule has 0 bridgehead atoms. The van der Waals surface area contributed by atoms with Gasteiger partial charge in [0.2, 0.25) is 0 Å². The molecule has 2 nitrogen and oxygen atoms in total. The molecule has 0 aliphatic heterocycles. The minimum Gasteiger partial charge on any atom is -0.497 e. The van der Waals surface area contributed by atoms with E-state index in [1.165, 1.54) is 6.26 Å². The van der Waals surface area contributed by atoms with Crippen LogP contribution in [0.3, 0.4) is 0 Å². The Morgan fingerprint density at radius 3 is 3.08 bits per heavy atom. The monoisotopic (exact) mass is 176 g/mol. The zero-order valence-corrected chi connectivity index (χ0v) is 7.62. The topological polar surface area (TPSA) is 18.5 Å². The molecule has 1 aromatic carbocycles. The summed E-state index contributed by atoms with van der Waals surface area (Å²) in [6.45, 7) is 3.91. The average molecular weight is 176 g/mol. The third-order valence-electron chi connectivity index (χ3n) is 1.55. The first-order valence-electron chi connectivity index (χ1n) is 3.95. The molecule has 0 atom stereocenters. The highest BCUT2D eigenvalue weighted by Gasteiger charge is 1.94. The summed E-state index contributed by atoms with van der Waals surface area (Å²) in [6.07, 6.45) is 1.44. The van der Waals surface area contributed by atoms with Crippen molar-refractivity contribution in [1.29, 1.82) is 0 Å². The largest absolute Gasteiger partial charge is 0.497 e. The van der Waals surface area contributed by atoms with E-state index in [4.69, 9.17) is 9.47 Å². The summed E-state index contributed by atoms with van der Waals surface area (Å²) in [5.74, 6) is 0.837. The van der Waals surface area contributed by atoms with E-state index in [9.17, 15) is 0 Å². The van der Waals surface area contributed by atoms with E-state index < -0.39 is 0 Å². The third-order valence-corrected chi connectivity index (χ3v) is 1.55. The minimum atomic E-state index is 0.514. The zero-order chi connectivity index (χ0) is 9.52. The first-order chi connectivity index (χ1) is 6.36. The summed E-state index contributed by atoms with van der Waals surface area (Å²) < 4.78 is 10.2. The summed E-state index contributed by atoms with van der Waals surface area (Å²) in [5, 5.41) is 0. The predicted molar refractivity (Wildman–Crippen MR) is 51.5 cm³/mol. The van der Waals surface area contributed by atoms with Crippen molar-refractivity contribution < 1.29 is 9.47 Å². The zero-order valence-electron chi connectivity index (χ0n) is 7.62. The van der Waals surface area contributed by atoms with Gasteiger partial charge in [0.05, 0.1) is 7.11 Å². The number of ether oxygens (including phenoxy) is 2. The van der Waals surface area contributed by atoms with Gasteiger partial charge in [-0.1, -0.05) is 24.4 Å². The fraction of sp³-hybridized carbons (Fsp3) is 0.182. The molecule has 68 valence electrons. The molecule has 0 amide bonds. The van der Waals surface area contributed by atoms with Crippen molar-refractivity contribution in [3.05, 3.63) is 48.4 Å². The molecule has 0 radical (unpaired) electrons. The standard InChI is InChI=1S/C11H12O2/c1-3-7-13-9-10-5-4-6-11(8-10)12-2/h4-8H,1,9H2,2H3. The molecule has 0 aliphatic rings. The molecule has 0 fully saturated rings. The van der Waals surface area contributed by atoms with Gasteiger partial charge in [-0.3, -0.25) is 0 Å². The van der Waals surface area contributed by atoms with Gasteiger partial charge in [0, 0.05) is 0 Å². The molecular weight excluding hydrogens is 164 g/mol. The fourth-order valence-electron chi connectivity index (χ4n) is 0.959. The van der Waals surface area contributed by atoms with E-state index in [0.717, 1.165) is 11.3 Å². The van der Waals surface area contributed by atoms with Crippen molar-refractivity contribution in [1.82, 2.24) is 0 Å². The van der Waals surface area contributed by atoms with E-state index in [0.29, 0.717) is 6.61 Å². The Labute approximate surface area is 78.1 Å².